The Morgan fingerprint density at radius 2 is 1.79 bits per heavy atom. The Bertz CT molecular complexity index is 1350. The van der Waals surface area contributed by atoms with Crippen LogP contribution in [-0.4, -0.2) is 16.6 Å². The van der Waals surface area contributed by atoms with Crippen molar-refractivity contribution in [3.63, 3.8) is 0 Å². The molecule has 2 aromatic heterocycles. The molecule has 0 bridgehead atoms. The first-order chi connectivity index (χ1) is 16.3. The molecule has 34 heavy (non-hydrogen) atoms. The van der Waals surface area contributed by atoms with E-state index in [0.717, 1.165) is 45.6 Å². The number of amides is 1. The predicted octanol–water partition coefficient (Wildman–Crippen LogP) is 7.85. The number of hydrazone groups is 1. The van der Waals surface area contributed by atoms with E-state index in [4.69, 9.17) is 16.6 Å². The molecule has 0 aliphatic heterocycles. The smallest absolute Gasteiger partial charge is 0.267 e. The number of aromatic nitrogens is 1. The Hall–Kier alpha value is -3.02. The number of rotatable bonds is 6. The molecule has 0 saturated carbocycles. The van der Waals surface area contributed by atoms with Gasteiger partial charge in [-0.3, -0.25) is 4.79 Å². The normalized spacial score (nSPS) is 12.2. The Balaban J connectivity index is 1.71. The molecule has 0 aliphatic carbocycles. The highest BCUT2D eigenvalue weighted by molar-refractivity contribution is 7.18. The molecule has 0 atom stereocenters. The Kier molecular flexibility index (Phi) is 7.15. The van der Waals surface area contributed by atoms with Gasteiger partial charge in [0.05, 0.1) is 31.7 Å². The van der Waals surface area contributed by atoms with Crippen LogP contribution in [0.1, 0.15) is 61.3 Å². The van der Waals surface area contributed by atoms with Crippen LogP contribution in [-0.2, 0) is 5.41 Å². The zero-order chi connectivity index (χ0) is 24.3. The maximum absolute atomic E-state index is 13.3. The van der Waals surface area contributed by atoms with E-state index in [1.54, 1.807) is 0 Å². The molecular formula is C28H28ClN3OS. The third kappa shape index (κ3) is 5.37. The number of benzene rings is 2. The van der Waals surface area contributed by atoms with E-state index < -0.39 is 0 Å². The molecule has 1 N–H and O–H groups in total. The van der Waals surface area contributed by atoms with Crippen molar-refractivity contribution < 1.29 is 4.79 Å². The monoisotopic (exact) mass is 489 g/mol. The maximum atomic E-state index is 13.3. The maximum Gasteiger partial charge on any atom is 0.272 e. The van der Waals surface area contributed by atoms with Crippen LogP contribution in [0, 0.1) is 0 Å². The molecule has 174 valence electrons. The average Bonchev–Trinajstić information content (AvgIpc) is 3.26. The fourth-order valence-corrected chi connectivity index (χ4v) is 4.83. The summed E-state index contributed by atoms with van der Waals surface area (Å²) in [7, 11) is 0. The molecule has 2 aromatic carbocycles. The standard InChI is InChI=1S/C28H28ClN3OS/c1-5-8-23(25-15-16-26(29)34-25)31-32-27(33)21-17-24(30-22-10-7-6-9-20(21)22)18-11-13-19(14-12-18)28(2,3)4/h6-7,9-17H,5,8H2,1-4H3,(H,32,33)/b31-23+. The van der Waals surface area contributed by atoms with E-state index in [9.17, 15) is 4.79 Å². The number of nitrogens with zero attached hydrogens (tertiary/aromatic N) is 2. The molecule has 0 unspecified atom stereocenters. The number of thiophene rings is 1. The topological polar surface area (TPSA) is 54.4 Å². The van der Waals surface area contributed by atoms with Gasteiger partial charge in [0.25, 0.3) is 5.91 Å². The third-order valence-electron chi connectivity index (χ3n) is 5.64. The molecule has 0 saturated heterocycles. The van der Waals surface area contributed by atoms with Gasteiger partial charge in [0.2, 0.25) is 0 Å². The van der Waals surface area contributed by atoms with Crippen LogP contribution in [0.4, 0.5) is 0 Å². The Morgan fingerprint density at radius 1 is 1.06 bits per heavy atom. The zero-order valence-electron chi connectivity index (χ0n) is 19.9. The molecule has 4 rings (SSSR count). The van der Waals surface area contributed by atoms with E-state index in [1.807, 2.05) is 42.5 Å². The van der Waals surface area contributed by atoms with Crippen molar-refractivity contribution in [2.45, 2.75) is 46.0 Å². The largest absolute Gasteiger partial charge is 0.272 e. The average molecular weight is 490 g/mol. The van der Waals surface area contributed by atoms with E-state index in [0.29, 0.717) is 9.90 Å². The van der Waals surface area contributed by atoms with Gasteiger partial charge in [-0.1, -0.05) is 88.2 Å². The minimum atomic E-state index is -0.262. The molecule has 0 aliphatic rings. The lowest BCUT2D eigenvalue weighted by atomic mass is 9.86. The summed E-state index contributed by atoms with van der Waals surface area (Å²) in [5.41, 5.74) is 7.96. The van der Waals surface area contributed by atoms with Crippen LogP contribution in [0.2, 0.25) is 4.34 Å². The lowest BCUT2D eigenvalue weighted by Gasteiger charge is -2.19. The first kappa shape index (κ1) is 24.1. The quantitative estimate of drug-likeness (QED) is 0.221. The van der Waals surface area contributed by atoms with Crippen LogP contribution in [0.25, 0.3) is 22.2 Å². The number of nitrogens with one attached hydrogen (secondary N) is 1. The minimum absolute atomic E-state index is 0.0708. The fraction of sp³-hybridized carbons (Fsp3) is 0.250. The van der Waals surface area contributed by atoms with Gasteiger partial charge in [-0.25, -0.2) is 10.4 Å². The molecule has 0 fully saturated rings. The molecule has 4 nitrogen and oxygen atoms in total. The Morgan fingerprint density at radius 3 is 2.44 bits per heavy atom. The first-order valence-electron chi connectivity index (χ1n) is 11.4. The van der Waals surface area contributed by atoms with Crippen molar-refractivity contribution in [2.75, 3.05) is 0 Å². The summed E-state index contributed by atoms with van der Waals surface area (Å²) in [6.07, 6.45) is 1.66. The Labute approximate surface area is 209 Å². The summed E-state index contributed by atoms with van der Waals surface area (Å²) >= 11 is 7.57. The predicted molar refractivity (Wildman–Crippen MR) is 144 cm³/mol. The van der Waals surface area contributed by atoms with Gasteiger partial charge < -0.3 is 0 Å². The highest BCUT2D eigenvalue weighted by Crippen LogP contribution is 2.28. The number of fused-ring (bicyclic) bond motifs is 1. The van der Waals surface area contributed by atoms with Crippen LogP contribution < -0.4 is 5.43 Å². The molecular weight excluding hydrogens is 462 g/mol. The van der Waals surface area contributed by atoms with Crippen LogP contribution >= 0.6 is 22.9 Å². The lowest BCUT2D eigenvalue weighted by Crippen LogP contribution is -2.20. The number of carbonyl (C=O) groups is 1. The number of hydrogen-bond acceptors (Lipinski definition) is 4. The summed E-state index contributed by atoms with van der Waals surface area (Å²) in [5, 5.41) is 5.26. The van der Waals surface area contributed by atoms with Crippen molar-refractivity contribution in [1.29, 1.82) is 0 Å². The van der Waals surface area contributed by atoms with E-state index in [2.05, 4.69) is 62.5 Å². The summed E-state index contributed by atoms with van der Waals surface area (Å²) < 4.78 is 0.701. The highest BCUT2D eigenvalue weighted by Gasteiger charge is 2.16. The van der Waals surface area contributed by atoms with Crippen molar-refractivity contribution in [3.8, 4) is 11.3 Å². The van der Waals surface area contributed by atoms with Crippen LogP contribution in [0.3, 0.4) is 0 Å². The van der Waals surface area contributed by atoms with Gasteiger partial charge >= 0.3 is 0 Å². The molecule has 0 spiro atoms. The number of hydrogen-bond donors (Lipinski definition) is 1. The van der Waals surface area contributed by atoms with Crippen molar-refractivity contribution in [2.24, 2.45) is 5.10 Å². The SMILES string of the molecule is CCC/C(=N\NC(=O)c1cc(-c2ccc(C(C)(C)C)cc2)nc2ccccc12)c1ccc(Cl)s1. The third-order valence-corrected chi connectivity index (χ3v) is 6.92. The molecule has 2 heterocycles. The van der Waals surface area contributed by atoms with Crippen LogP contribution in [0.5, 0.6) is 0 Å². The van der Waals surface area contributed by atoms with Gasteiger partial charge in [0, 0.05) is 10.9 Å². The summed E-state index contributed by atoms with van der Waals surface area (Å²) in [4.78, 5) is 19.1. The highest BCUT2D eigenvalue weighted by atomic mass is 35.5. The summed E-state index contributed by atoms with van der Waals surface area (Å²) in [5.74, 6) is -0.262. The second-order valence-electron chi connectivity index (χ2n) is 9.25. The van der Waals surface area contributed by atoms with E-state index in [1.165, 1.54) is 16.9 Å². The van der Waals surface area contributed by atoms with Crippen molar-refractivity contribution >= 4 is 45.5 Å². The first-order valence-corrected chi connectivity index (χ1v) is 12.6. The van der Waals surface area contributed by atoms with Crippen molar-refractivity contribution in [1.82, 2.24) is 10.4 Å². The van der Waals surface area contributed by atoms with Gasteiger partial charge in [-0.05, 0) is 41.7 Å². The second kappa shape index (κ2) is 10.1. The van der Waals surface area contributed by atoms with Gasteiger partial charge in [0.15, 0.2) is 0 Å². The molecule has 4 aromatic rings. The second-order valence-corrected chi connectivity index (χ2v) is 11.0. The summed E-state index contributed by atoms with van der Waals surface area (Å²) in [6, 6.07) is 21.7. The molecule has 1 amide bonds. The van der Waals surface area contributed by atoms with Crippen molar-refractivity contribution in [3.05, 3.63) is 87.1 Å². The van der Waals surface area contributed by atoms with Crippen LogP contribution in [0.15, 0.2) is 71.8 Å². The van der Waals surface area contributed by atoms with E-state index in [-0.39, 0.29) is 11.3 Å². The number of carbonyl (C=O) groups excluding carboxylic acids is 1. The molecule has 0 radical (unpaired) electrons. The summed E-state index contributed by atoms with van der Waals surface area (Å²) in [6.45, 7) is 8.66. The number of pyridine rings is 1. The number of halogens is 1. The minimum Gasteiger partial charge on any atom is -0.267 e. The van der Waals surface area contributed by atoms with E-state index >= 15 is 0 Å². The van der Waals surface area contributed by atoms with Gasteiger partial charge in [-0.15, -0.1) is 11.3 Å². The molecule has 6 heteroatoms. The van der Waals surface area contributed by atoms with Gasteiger partial charge in [-0.2, -0.15) is 5.10 Å². The zero-order valence-corrected chi connectivity index (χ0v) is 21.4. The number of para-hydroxylation sites is 1. The van der Waals surface area contributed by atoms with Gasteiger partial charge in [0.1, 0.15) is 0 Å². The lowest BCUT2D eigenvalue weighted by molar-refractivity contribution is 0.0956. The fourth-order valence-electron chi connectivity index (χ4n) is 3.77.